The maximum absolute atomic E-state index is 11.9. The van der Waals surface area contributed by atoms with E-state index in [9.17, 15) is 9.59 Å². The van der Waals surface area contributed by atoms with Crippen molar-refractivity contribution in [3.63, 3.8) is 0 Å². The molecule has 0 spiro atoms. The van der Waals surface area contributed by atoms with Crippen LogP contribution in [0.4, 0.5) is 10.5 Å². The summed E-state index contributed by atoms with van der Waals surface area (Å²) >= 11 is 3.25. The first-order chi connectivity index (χ1) is 9.61. The first-order valence-electron chi connectivity index (χ1n) is 6.69. The zero-order valence-electron chi connectivity index (χ0n) is 12.7. The molecule has 0 heterocycles. The number of aromatic carboxylic acids is 1. The molecule has 0 saturated heterocycles. The van der Waals surface area contributed by atoms with Gasteiger partial charge >= 0.3 is 12.0 Å². The monoisotopic (exact) mass is 356 g/mol. The van der Waals surface area contributed by atoms with Crippen LogP contribution in [0.3, 0.4) is 0 Å². The standard InChI is InChI=1S/C15H21BrN2O3/c1-9(15(2,3)4)8-17-14(21)18-12-6-5-10(13(19)20)7-11(12)16/h5-7,9H,8H2,1-4H3,(H,19,20)(H2,17,18,21). The molecule has 6 heteroatoms. The summed E-state index contributed by atoms with van der Waals surface area (Å²) in [5.74, 6) is -0.674. The lowest BCUT2D eigenvalue weighted by molar-refractivity contribution is 0.0697. The minimum absolute atomic E-state index is 0.122. The Labute approximate surface area is 133 Å². The smallest absolute Gasteiger partial charge is 0.335 e. The van der Waals surface area contributed by atoms with Crippen LogP contribution in [0.1, 0.15) is 38.1 Å². The number of carbonyl (C=O) groups is 2. The molecule has 0 aromatic heterocycles. The topological polar surface area (TPSA) is 78.4 Å². The van der Waals surface area contributed by atoms with Crippen LogP contribution < -0.4 is 10.6 Å². The van der Waals surface area contributed by atoms with Crippen LogP contribution in [-0.2, 0) is 0 Å². The van der Waals surface area contributed by atoms with Gasteiger partial charge in [0.25, 0.3) is 0 Å². The molecule has 116 valence electrons. The molecule has 0 bridgehead atoms. The number of hydrogen-bond donors (Lipinski definition) is 3. The third kappa shape index (κ3) is 5.38. The second kappa shape index (κ2) is 6.93. The van der Waals surface area contributed by atoms with Crippen molar-refractivity contribution in [3.05, 3.63) is 28.2 Å². The zero-order chi connectivity index (χ0) is 16.2. The molecule has 0 saturated carbocycles. The van der Waals surface area contributed by atoms with E-state index in [2.05, 4.69) is 54.3 Å². The fourth-order valence-corrected chi connectivity index (χ4v) is 1.95. The molecule has 3 N–H and O–H groups in total. The summed E-state index contributed by atoms with van der Waals surface area (Å²) in [6, 6.07) is 4.14. The lowest BCUT2D eigenvalue weighted by Crippen LogP contribution is -2.36. The maximum atomic E-state index is 11.9. The van der Waals surface area contributed by atoms with Crippen LogP contribution in [0.15, 0.2) is 22.7 Å². The van der Waals surface area contributed by atoms with E-state index in [1.165, 1.54) is 12.1 Å². The van der Waals surface area contributed by atoms with E-state index in [1.807, 2.05) is 0 Å². The lowest BCUT2D eigenvalue weighted by Gasteiger charge is -2.27. The Morgan fingerprint density at radius 3 is 2.43 bits per heavy atom. The van der Waals surface area contributed by atoms with Gasteiger partial charge in [0.15, 0.2) is 0 Å². The molecule has 1 aromatic carbocycles. The minimum atomic E-state index is -1.01. The third-order valence-electron chi connectivity index (χ3n) is 3.51. The van der Waals surface area contributed by atoms with Crippen LogP contribution in [0.5, 0.6) is 0 Å². The first-order valence-corrected chi connectivity index (χ1v) is 7.48. The van der Waals surface area contributed by atoms with Gasteiger partial charge in [0.2, 0.25) is 0 Å². The van der Waals surface area contributed by atoms with Gasteiger partial charge in [0, 0.05) is 11.0 Å². The van der Waals surface area contributed by atoms with Crippen LogP contribution in [0, 0.1) is 11.3 Å². The Hall–Kier alpha value is -1.56. The maximum Gasteiger partial charge on any atom is 0.335 e. The SMILES string of the molecule is CC(CNC(=O)Nc1ccc(C(=O)O)cc1Br)C(C)(C)C. The Morgan fingerprint density at radius 1 is 1.33 bits per heavy atom. The molecule has 0 radical (unpaired) electrons. The number of halogens is 1. The molecule has 0 aliphatic rings. The quantitative estimate of drug-likeness (QED) is 0.763. The number of carboxylic acid groups (broad SMARTS) is 1. The van der Waals surface area contributed by atoms with E-state index >= 15 is 0 Å². The van der Waals surface area contributed by atoms with Gasteiger partial charge in [-0.25, -0.2) is 9.59 Å². The molecule has 2 amide bonds. The van der Waals surface area contributed by atoms with Gasteiger partial charge in [-0.1, -0.05) is 27.7 Å². The Kier molecular flexibility index (Phi) is 5.78. The summed E-state index contributed by atoms with van der Waals surface area (Å²) in [5, 5.41) is 14.4. The first kappa shape index (κ1) is 17.5. The molecule has 5 nitrogen and oxygen atoms in total. The van der Waals surface area contributed by atoms with Crippen LogP contribution in [-0.4, -0.2) is 23.7 Å². The summed E-state index contributed by atoms with van der Waals surface area (Å²) in [5.41, 5.74) is 0.812. The molecule has 0 fully saturated rings. The summed E-state index contributed by atoms with van der Waals surface area (Å²) in [6.45, 7) is 9.02. The number of benzene rings is 1. The van der Waals surface area contributed by atoms with Crippen molar-refractivity contribution in [3.8, 4) is 0 Å². The summed E-state index contributed by atoms with van der Waals surface area (Å²) in [6.07, 6.45) is 0. The van der Waals surface area contributed by atoms with Crippen LogP contribution >= 0.6 is 15.9 Å². The number of anilines is 1. The number of urea groups is 1. The number of rotatable bonds is 4. The third-order valence-corrected chi connectivity index (χ3v) is 4.17. The van der Waals surface area contributed by atoms with Crippen molar-refractivity contribution in [2.75, 3.05) is 11.9 Å². The molecule has 0 aliphatic heterocycles. The van der Waals surface area contributed by atoms with Crippen molar-refractivity contribution >= 4 is 33.6 Å². The second-order valence-electron chi connectivity index (χ2n) is 6.10. The van der Waals surface area contributed by atoms with Crippen molar-refractivity contribution in [1.29, 1.82) is 0 Å². The fraction of sp³-hybridized carbons (Fsp3) is 0.467. The summed E-state index contributed by atoms with van der Waals surface area (Å²) < 4.78 is 0.529. The Morgan fingerprint density at radius 2 is 1.95 bits per heavy atom. The average molecular weight is 357 g/mol. The van der Waals surface area contributed by atoms with Gasteiger partial charge in [0.05, 0.1) is 11.3 Å². The second-order valence-corrected chi connectivity index (χ2v) is 6.96. The van der Waals surface area contributed by atoms with E-state index in [4.69, 9.17) is 5.11 Å². The summed E-state index contributed by atoms with van der Waals surface area (Å²) in [4.78, 5) is 22.7. The predicted molar refractivity (Wildman–Crippen MR) is 86.7 cm³/mol. The average Bonchev–Trinajstić information content (AvgIpc) is 2.36. The van der Waals surface area contributed by atoms with Gasteiger partial charge in [-0.15, -0.1) is 0 Å². The highest BCUT2D eigenvalue weighted by molar-refractivity contribution is 9.10. The fourth-order valence-electron chi connectivity index (χ4n) is 1.47. The van der Waals surface area contributed by atoms with Crippen molar-refractivity contribution in [2.45, 2.75) is 27.7 Å². The molecule has 1 unspecified atom stereocenters. The van der Waals surface area contributed by atoms with Crippen LogP contribution in [0.25, 0.3) is 0 Å². The van der Waals surface area contributed by atoms with Gasteiger partial charge < -0.3 is 15.7 Å². The van der Waals surface area contributed by atoms with E-state index in [-0.39, 0.29) is 17.0 Å². The van der Waals surface area contributed by atoms with Gasteiger partial charge in [-0.3, -0.25) is 0 Å². The van der Waals surface area contributed by atoms with Crippen LogP contribution in [0.2, 0.25) is 0 Å². The number of amides is 2. The number of carbonyl (C=O) groups excluding carboxylic acids is 1. The van der Waals surface area contributed by atoms with Crippen molar-refractivity contribution in [1.82, 2.24) is 5.32 Å². The highest BCUT2D eigenvalue weighted by atomic mass is 79.9. The van der Waals surface area contributed by atoms with E-state index < -0.39 is 5.97 Å². The van der Waals surface area contributed by atoms with Gasteiger partial charge in [-0.2, -0.15) is 0 Å². The highest BCUT2D eigenvalue weighted by Gasteiger charge is 2.20. The molecule has 1 aromatic rings. The van der Waals surface area contributed by atoms with Gasteiger partial charge in [-0.05, 0) is 45.5 Å². The number of hydrogen-bond acceptors (Lipinski definition) is 2. The molecule has 0 aliphatic carbocycles. The van der Waals surface area contributed by atoms with E-state index in [0.717, 1.165) is 0 Å². The van der Waals surface area contributed by atoms with Gasteiger partial charge in [0.1, 0.15) is 0 Å². The molecular weight excluding hydrogens is 336 g/mol. The molecule has 1 atom stereocenters. The molecule has 21 heavy (non-hydrogen) atoms. The zero-order valence-corrected chi connectivity index (χ0v) is 14.2. The largest absolute Gasteiger partial charge is 0.478 e. The number of nitrogens with one attached hydrogen (secondary N) is 2. The van der Waals surface area contributed by atoms with E-state index in [0.29, 0.717) is 22.6 Å². The minimum Gasteiger partial charge on any atom is -0.478 e. The number of carboxylic acids is 1. The predicted octanol–water partition coefficient (Wildman–Crippen LogP) is 3.95. The lowest BCUT2D eigenvalue weighted by atomic mass is 9.82. The van der Waals surface area contributed by atoms with E-state index in [1.54, 1.807) is 6.07 Å². The van der Waals surface area contributed by atoms with Crippen molar-refractivity contribution < 1.29 is 14.7 Å². The molecular formula is C15H21BrN2O3. The van der Waals surface area contributed by atoms with Crippen molar-refractivity contribution in [2.24, 2.45) is 11.3 Å². The Bertz CT molecular complexity index is 538. The molecule has 1 rings (SSSR count). The summed E-state index contributed by atoms with van der Waals surface area (Å²) in [7, 11) is 0. The normalized spacial score (nSPS) is 12.6. The highest BCUT2D eigenvalue weighted by Crippen LogP contribution is 2.25. The Balaban J connectivity index is 2.62.